The van der Waals surface area contributed by atoms with Crippen LogP contribution >= 0.6 is 0 Å². The molecule has 3 fully saturated rings. The van der Waals surface area contributed by atoms with E-state index in [9.17, 15) is 9.90 Å². The Hall–Kier alpha value is -0.570. The highest BCUT2D eigenvalue weighted by Gasteiger charge is 2.47. The van der Waals surface area contributed by atoms with Crippen LogP contribution in [0.3, 0.4) is 0 Å². The lowest BCUT2D eigenvalue weighted by molar-refractivity contribution is -0.152. The van der Waals surface area contributed by atoms with Crippen molar-refractivity contribution in [1.82, 2.24) is 4.90 Å². The molecule has 0 amide bonds. The van der Waals surface area contributed by atoms with Crippen molar-refractivity contribution in [3.63, 3.8) is 0 Å². The smallest absolute Gasteiger partial charge is 0.308 e. The molecule has 0 aliphatic carbocycles. The van der Waals surface area contributed by atoms with Gasteiger partial charge in [0.15, 0.2) is 0 Å². The molecule has 3 aliphatic heterocycles. The van der Waals surface area contributed by atoms with E-state index in [1.807, 2.05) is 0 Å². The number of hydrogen-bond acceptors (Lipinski definition) is 2. The number of hydrogen-bond donors (Lipinski definition) is 1. The molecule has 3 heteroatoms. The first-order valence-corrected chi connectivity index (χ1v) is 7.17. The Morgan fingerprint density at radius 3 is 2.65 bits per heavy atom. The molecule has 1 N–H and O–H groups in total. The second-order valence-electron chi connectivity index (χ2n) is 6.35. The Balaban J connectivity index is 1.87. The van der Waals surface area contributed by atoms with E-state index in [2.05, 4.69) is 11.8 Å². The van der Waals surface area contributed by atoms with Gasteiger partial charge < -0.3 is 5.11 Å². The molecule has 0 saturated carbocycles. The first-order chi connectivity index (χ1) is 8.16. The number of carboxylic acid groups (broad SMARTS) is 1. The zero-order valence-corrected chi connectivity index (χ0v) is 10.6. The van der Waals surface area contributed by atoms with Crippen molar-refractivity contribution in [3.8, 4) is 0 Å². The topological polar surface area (TPSA) is 40.5 Å². The largest absolute Gasteiger partial charge is 0.481 e. The second-order valence-corrected chi connectivity index (χ2v) is 6.35. The SMILES string of the molecule is C[C@@H]1C[C@@H]2CCC[C@H]3CC[C@H](C(=O)O)[C@@H](C1)N32. The zero-order valence-electron chi connectivity index (χ0n) is 10.6. The van der Waals surface area contributed by atoms with Gasteiger partial charge in [-0.15, -0.1) is 0 Å². The fraction of sp³-hybridized carbons (Fsp3) is 0.929. The summed E-state index contributed by atoms with van der Waals surface area (Å²) in [5.41, 5.74) is 0. The summed E-state index contributed by atoms with van der Waals surface area (Å²) < 4.78 is 0. The number of nitrogens with zero attached hydrogens (tertiary/aromatic N) is 1. The normalized spacial score (nSPS) is 46.3. The van der Waals surface area contributed by atoms with Crippen LogP contribution in [0, 0.1) is 11.8 Å². The van der Waals surface area contributed by atoms with Gasteiger partial charge in [0.2, 0.25) is 0 Å². The third-order valence-electron chi connectivity index (χ3n) is 5.21. The lowest BCUT2D eigenvalue weighted by Gasteiger charge is -2.56. The van der Waals surface area contributed by atoms with Crippen molar-refractivity contribution >= 4 is 5.97 Å². The minimum absolute atomic E-state index is 0.102. The third kappa shape index (κ3) is 1.88. The van der Waals surface area contributed by atoms with Crippen molar-refractivity contribution in [2.24, 2.45) is 11.8 Å². The van der Waals surface area contributed by atoms with Crippen LogP contribution in [-0.2, 0) is 4.79 Å². The lowest BCUT2D eigenvalue weighted by atomic mass is 9.71. The molecule has 5 atom stereocenters. The van der Waals surface area contributed by atoms with Gasteiger partial charge in [-0.1, -0.05) is 13.3 Å². The maximum atomic E-state index is 11.4. The minimum Gasteiger partial charge on any atom is -0.481 e. The van der Waals surface area contributed by atoms with Gasteiger partial charge >= 0.3 is 5.97 Å². The van der Waals surface area contributed by atoms with Gasteiger partial charge in [0.1, 0.15) is 0 Å². The summed E-state index contributed by atoms with van der Waals surface area (Å²) in [6, 6.07) is 1.71. The first kappa shape index (κ1) is 11.5. The van der Waals surface area contributed by atoms with E-state index >= 15 is 0 Å². The zero-order chi connectivity index (χ0) is 12.0. The summed E-state index contributed by atoms with van der Waals surface area (Å²) in [7, 11) is 0. The van der Waals surface area contributed by atoms with E-state index in [-0.39, 0.29) is 5.92 Å². The van der Waals surface area contributed by atoms with Crippen LogP contribution in [-0.4, -0.2) is 34.1 Å². The number of aliphatic carboxylic acids is 1. The third-order valence-corrected chi connectivity index (χ3v) is 5.21. The van der Waals surface area contributed by atoms with Gasteiger partial charge in [0, 0.05) is 18.1 Å². The summed E-state index contributed by atoms with van der Waals surface area (Å²) >= 11 is 0. The van der Waals surface area contributed by atoms with E-state index in [1.54, 1.807) is 0 Å². The summed E-state index contributed by atoms with van der Waals surface area (Å²) in [6.45, 7) is 2.30. The summed E-state index contributed by atoms with van der Waals surface area (Å²) in [6.07, 6.45) is 8.35. The molecule has 3 aliphatic rings. The summed E-state index contributed by atoms with van der Waals surface area (Å²) in [5, 5.41) is 9.40. The van der Waals surface area contributed by atoms with Gasteiger partial charge in [0.05, 0.1) is 5.92 Å². The molecule has 96 valence electrons. The maximum Gasteiger partial charge on any atom is 0.308 e. The Labute approximate surface area is 103 Å². The number of rotatable bonds is 1. The van der Waals surface area contributed by atoms with Crippen LogP contribution in [0.1, 0.15) is 51.9 Å². The van der Waals surface area contributed by atoms with Crippen LogP contribution in [0.25, 0.3) is 0 Å². The van der Waals surface area contributed by atoms with Crippen LogP contribution in [0.15, 0.2) is 0 Å². The molecular weight excluding hydrogens is 214 g/mol. The fourth-order valence-corrected chi connectivity index (χ4v) is 4.58. The molecule has 0 unspecified atom stereocenters. The van der Waals surface area contributed by atoms with Crippen molar-refractivity contribution in [3.05, 3.63) is 0 Å². The molecule has 3 nitrogen and oxygen atoms in total. The molecule has 0 aromatic heterocycles. The monoisotopic (exact) mass is 237 g/mol. The van der Waals surface area contributed by atoms with E-state index in [0.29, 0.717) is 24.0 Å². The highest BCUT2D eigenvalue weighted by Crippen LogP contribution is 2.44. The Kier molecular flexibility index (Phi) is 2.89. The standard InChI is InChI=1S/C14H23NO2/c1-9-7-11-4-2-3-10-5-6-12(14(16)17)13(8-9)15(10)11/h9-13H,2-8H2,1H3,(H,16,17)/t9-,10+,11+,12+,13-/m1/s1. The maximum absolute atomic E-state index is 11.4. The van der Waals surface area contributed by atoms with Crippen molar-refractivity contribution in [1.29, 1.82) is 0 Å². The molecule has 0 radical (unpaired) electrons. The van der Waals surface area contributed by atoms with Gasteiger partial charge in [-0.05, 0) is 44.4 Å². The molecule has 0 aromatic carbocycles. The number of piperidine rings is 3. The molecule has 17 heavy (non-hydrogen) atoms. The van der Waals surface area contributed by atoms with Crippen molar-refractivity contribution < 1.29 is 9.90 Å². The molecule has 3 rings (SSSR count). The van der Waals surface area contributed by atoms with E-state index in [4.69, 9.17) is 0 Å². The first-order valence-electron chi connectivity index (χ1n) is 7.17. The number of carbonyl (C=O) groups is 1. The van der Waals surface area contributed by atoms with Crippen molar-refractivity contribution in [2.45, 2.75) is 70.0 Å². The van der Waals surface area contributed by atoms with Crippen molar-refractivity contribution in [2.75, 3.05) is 0 Å². The average Bonchev–Trinajstić information content (AvgIpc) is 2.28. The molecule has 0 bridgehead atoms. The van der Waals surface area contributed by atoms with Gasteiger partial charge in [0.25, 0.3) is 0 Å². The average molecular weight is 237 g/mol. The molecule has 3 saturated heterocycles. The van der Waals surface area contributed by atoms with Gasteiger partial charge in [-0.25, -0.2) is 0 Å². The predicted octanol–water partition coefficient (Wildman–Crippen LogP) is 2.50. The van der Waals surface area contributed by atoms with Crippen LogP contribution in [0.5, 0.6) is 0 Å². The fourth-order valence-electron chi connectivity index (χ4n) is 4.58. The highest BCUT2D eigenvalue weighted by atomic mass is 16.4. The Morgan fingerprint density at radius 1 is 1.12 bits per heavy atom. The Morgan fingerprint density at radius 2 is 1.88 bits per heavy atom. The van der Waals surface area contributed by atoms with E-state index in [0.717, 1.165) is 19.3 Å². The van der Waals surface area contributed by atoms with Crippen LogP contribution < -0.4 is 0 Å². The van der Waals surface area contributed by atoms with E-state index in [1.165, 1.54) is 25.7 Å². The number of carboxylic acids is 1. The Bertz CT molecular complexity index is 317. The summed E-state index contributed by atoms with van der Waals surface area (Å²) in [4.78, 5) is 14.0. The molecule has 0 aromatic rings. The van der Waals surface area contributed by atoms with Crippen LogP contribution in [0.4, 0.5) is 0 Å². The van der Waals surface area contributed by atoms with Gasteiger partial charge in [-0.2, -0.15) is 0 Å². The van der Waals surface area contributed by atoms with Gasteiger partial charge in [-0.3, -0.25) is 9.69 Å². The highest BCUT2D eigenvalue weighted by molar-refractivity contribution is 5.71. The van der Waals surface area contributed by atoms with E-state index < -0.39 is 5.97 Å². The predicted molar refractivity (Wildman–Crippen MR) is 65.8 cm³/mol. The lowest BCUT2D eigenvalue weighted by Crippen LogP contribution is -2.61. The quantitative estimate of drug-likeness (QED) is 0.761. The summed E-state index contributed by atoms with van der Waals surface area (Å²) in [5.74, 6) is 0.0430. The van der Waals surface area contributed by atoms with Crippen LogP contribution in [0.2, 0.25) is 0 Å². The molecular formula is C14H23NO2. The molecule has 0 spiro atoms. The molecule has 3 heterocycles. The second kappa shape index (κ2) is 4.27. The minimum atomic E-state index is -0.563.